The van der Waals surface area contributed by atoms with Gasteiger partial charge in [0.25, 0.3) is 5.91 Å². The van der Waals surface area contributed by atoms with E-state index >= 15 is 0 Å². The topological polar surface area (TPSA) is 45.7 Å². The van der Waals surface area contributed by atoms with Crippen molar-refractivity contribution in [2.75, 3.05) is 38.7 Å². The minimum absolute atomic E-state index is 0.116. The van der Waals surface area contributed by atoms with Gasteiger partial charge in [-0.25, -0.2) is 4.98 Å². The monoisotopic (exact) mass is 339 g/mol. The number of benzene rings is 1. The summed E-state index contributed by atoms with van der Waals surface area (Å²) in [5, 5.41) is 0.931. The minimum Gasteiger partial charge on any atom is -0.378 e. The molecule has 132 valence electrons. The summed E-state index contributed by atoms with van der Waals surface area (Å²) in [6, 6.07) is 9.82. The first-order valence-corrected chi connectivity index (χ1v) is 9.11. The number of carbonyl (C=O) groups excluding carboxylic acids is 1. The number of fused-ring (bicyclic) bond motifs is 2. The first kappa shape index (κ1) is 16.3. The van der Waals surface area contributed by atoms with Crippen molar-refractivity contribution in [1.29, 1.82) is 0 Å². The molecule has 0 aliphatic carbocycles. The maximum Gasteiger partial charge on any atom is 0.254 e. The Kier molecular flexibility index (Phi) is 4.34. The average Bonchev–Trinajstić information content (AvgIpc) is 2.66. The number of para-hydroxylation sites is 1. The molecule has 2 aliphatic rings. The predicted octanol–water partition coefficient (Wildman–Crippen LogP) is 2.94. The molecule has 1 aromatic carbocycles. The first-order valence-electron chi connectivity index (χ1n) is 9.11. The SMILES string of the molecule is CN(C)c1cc(C(=O)N2CCC3OCCCC3C2)c2ccccc2n1. The molecule has 4 rings (SSSR count). The summed E-state index contributed by atoms with van der Waals surface area (Å²) >= 11 is 0. The smallest absolute Gasteiger partial charge is 0.254 e. The number of rotatable bonds is 2. The van der Waals surface area contributed by atoms with Gasteiger partial charge in [-0.3, -0.25) is 4.79 Å². The van der Waals surface area contributed by atoms with Crippen LogP contribution in [0.25, 0.3) is 10.9 Å². The number of likely N-dealkylation sites (tertiary alicyclic amines) is 1. The van der Waals surface area contributed by atoms with E-state index in [2.05, 4.69) is 4.98 Å². The number of ether oxygens (including phenoxy) is 1. The third-order valence-corrected chi connectivity index (χ3v) is 5.39. The summed E-state index contributed by atoms with van der Waals surface area (Å²) in [7, 11) is 3.91. The molecule has 3 heterocycles. The van der Waals surface area contributed by atoms with Crippen molar-refractivity contribution in [3.8, 4) is 0 Å². The molecule has 2 atom stereocenters. The molecule has 1 aromatic heterocycles. The Morgan fingerprint density at radius 3 is 2.96 bits per heavy atom. The molecule has 0 N–H and O–H groups in total. The Hall–Kier alpha value is -2.14. The fourth-order valence-electron chi connectivity index (χ4n) is 4.01. The van der Waals surface area contributed by atoms with Crippen LogP contribution >= 0.6 is 0 Å². The summed E-state index contributed by atoms with van der Waals surface area (Å²) in [5.41, 5.74) is 1.62. The molecule has 0 radical (unpaired) electrons. The summed E-state index contributed by atoms with van der Waals surface area (Å²) in [6.45, 7) is 2.45. The minimum atomic E-state index is 0.116. The molecular weight excluding hydrogens is 314 g/mol. The van der Waals surface area contributed by atoms with E-state index in [1.807, 2.05) is 54.2 Å². The van der Waals surface area contributed by atoms with Crippen LogP contribution in [0.2, 0.25) is 0 Å². The van der Waals surface area contributed by atoms with Crippen molar-refractivity contribution in [2.24, 2.45) is 5.92 Å². The summed E-state index contributed by atoms with van der Waals surface area (Å²) in [5.74, 6) is 1.41. The van der Waals surface area contributed by atoms with Crippen LogP contribution < -0.4 is 4.90 Å². The lowest BCUT2D eigenvalue weighted by molar-refractivity contribution is -0.0606. The van der Waals surface area contributed by atoms with Crippen LogP contribution in [-0.4, -0.2) is 55.7 Å². The second-order valence-corrected chi connectivity index (χ2v) is 7.29. The van der Waals surface area contributed by atoms with Crippen LogP contribution in [0.5, 0.6) is 0 Å². The maximum atomic E-state index is 13.3. The van der Waals surface area contributed by atoms with E-state index in [-0.39, 0.29) is 5.91 Å². The predicted molar refractivity (Wildman–Crippen MR) is 99.1 cm³/mol. The van der Waals surface area contributed by atoms with Crippen molar-refractivity contribution in [2.45, 2.75) is 25.4 Å². The molecule has 2 saturated heterocycles. The Morgan fingerprint density at radius 1 is 1.28 bits per heavy atom. The highest BCUT2D eigenvalue weighted by Gasteiger charge is 2.34. The number of anilines is 1. The molecule has 0 bridgehead atoms. The third-order valence-electron chi connectivity index (χ3n) is 5.39. The lowest BCUT2D eigenvalue weighted by Gasteiger charge is -2.41. The molecule has 2 fully saturated rings. The average molecular weight is 339 g/mol. The summed E-state index contributed by atoms with van der Waals surface area (Å²) in [6.07, 6.45) is 3.55. The molecule has 2 unspecified atom stereocenters. The number of piperidine rings is 1. The summed E-state index contributed by atoms with van der Waals surface area (Å²) < 4.78 is 5.88. The van der Waals surface area contributed by atoms with Crippen LogP contribution in [0.3, 0.4) is 0 Å². The van der Waals surface area contributed by atoms with Crippen LogP contribution in [0.15, 0.2) is 30.3 Å². The third kappa shape index (κ3) is 3.09. The molecule has 5 nitrogen and oxygen atoms in total. The van der Waals surface area contributed by atoms with Crippen molar-refractivity contribution >= 4 is 22.6 Å². The van der Waals surface area contributed by atoms with Crippen LogP contribution in [0, 0.1) is 5.92 Å². The maximum absolute atomic E-state index is 13.3. The zero-order valence-electron chi connectivity index (χ0n) is 14.9. The van der Waals surface area contributed by atoms with E-state index < -0.39 is 0 Å². The van der Waals surface area contributed by atoms with Crippen molar-refractivity contribution in [3.05, 3.63) is 35.9 Å². The second kappa shape index (κ2) is 6.64. The number of hydrogen-bond acceptors (Lipinski definition) is 4. The van der Waals surface area contributed by atoms with E-state index in [1.165, 1.54) is 0 Å². The van der Waals surface area contributed by atoms with Crippen LogP contribution in [0.4, 0.5) is 5.82 Å². The van der Waals surface area contributed by atoms with Gasteiger partial charge < -0.3 is 14.5 Å². The number of carbonyl (C=O) groups is 1. The van der Waals surface area contributed by atoms with E-state index in [9.17, 15) is 4.79 Å². The van der Waals surface area contributed by atoms with E-state index in [0.29, 0.717) is 12.0 Å². The Morgan fingerprint density at radius 2 is 2.12 bits per heavy atom. The van der Waals surface area contributed by atoms with Gasteiger partial charge in [-0.05, 0) is 31.4 Å². The fraction of sp³-hybridized carbons (Fsp3) is 0.500. The Bertz CT molecular complexity index is 790. The lowest BCUT2D eigenvalue weighted by atomic mass is 9.88. The molecule has 25 heavy (non-hydrogen) atoms. The van der Waals surface area contributed by atoms with Gasteiger partial charge in [-0.1, -0.05) is 18.2 Å². The number of hydrogen-bond donors (Lipinski definition) is 0. The van der Waals surface area contributed by atoms with Gasteiger partial charge in [-0.15, -0.1) is 0 Å². The van der Waals surface area contributed by atoms with E-state index in [1.54, 1.807) is 0 Å². The normalized spacial score (nSPS) is 23.4. The van der Waals surface area contributed by atoms with Crippen molar-refractivity contribution in [3.63, 3.8) is 0 Å². The Balaban J connectivity index is 1.67. The highest BCUT2D eigenvalue weighted by molar-refractivity contribution is 6.07. The van der Waals surface area contributed by atoms with E-state index in [4.69, 9.17) is 4.74 Å². The second-order valence-electron chi connectivity index (χ2n) is 7.29. The standard InChI is InChI=1S/C20H25N3O2/c1-22(2)19-12-16(15-7-3-4-8-17(15)21-19)20(24)23-10-9-18-14(13-23)6-5-11-25-18/h3-4,7-8,12,14,18H,5-6,9-11,13H2,1-2H3. The zero-order chi connectivity index (χ0) is 17.4. The largest absolute Gasteiger partial charge is 0.378 e. The number of aromatic nitrogens is 1. The highest BCUT2D eigenvalue weighted by Crippen LogP contribution is 2.30. The summed E-state index contributed by atoms with van der Waals surface area (Å²) in [4.78, 5) is 21.9. The van der Waals surface area contributed by atoms with Gasteiger partial charge in [0.2, 0.25) is 0 Å². The van der Waals surface area contributed by atoms with Gasteiger partial charge >= 0.3 is 0 Å². The first-order chi connectivity index (χ1) is 12.1. The quantitative estimate of drug-likeness (QED) is 0.844. The molecule has 0 saturated carbocycles. The van der Waals surface area contributed by atoms with Gasteiger partial charge in [0, 0.05) is 45.1 Å². The number of nitrogens with zero attached hydrogens (tertiary/aromatic N) is 3. The van der Waals surface area contributed by atoms with Gasteiger partial charge in [0.05, 0.1) is 17.2 Å². The molecule has 5 heteroatoms. The fourth-order valence-corrected chi connectivity index (χ4v) is 4.01. The molecular formula is C20H25N3O2. The zero-order valence-corrected chi connectivity index (χ0v) is 14.9. The number of pyridine rings is 1. The van der Waals surface area contributed by atoms with Crippen molar-refractivity contribution in [1.82, 2.24) is 9.88 Å². The lowest BCUT2D eigenvalue weighted by Crippen LogP contribution is -2.48. The molecule has 1 amide bonds. The number of amides is 1. The van der Waals surface area contributed by atoms with Gasteiger partial charge in [-0.2, -0.15) is 0 Å². The molecule has 2 aromatic rings. The highest BCUT2D eigenvalue weighted by atomic mass is 16.5. The van der Waals surface area contributed by atoms with Gasteiger partial charge in [0.1, 0.15) is 5.82 Å². The molecule has 0 spiro atoms. The van der Waals surface area contributed by atoms with E-state index in [0.717, 1.165) is 61.2 Å². The molecule has 2 aliphatic heterocycles. The van der Waals surface area contributed by atoms with Gasteiger partial charge in [0.15, 0.2) is 0 Å². The van der Waals surface area contributed by atoms with Crippen LogP contribution in [0.1, 0.15) is 29.6 Å². The Labute approximate surface area is 148 Å². The van der Waals surface area contributed by atoms with Crippen LogP contribution in [-0.2, 0) is 4.74 Å². The van der Waals surface area contributed by atoms with Crippen molar-refractivity contribution < 1.29 is 9.53 Å².